The Kier molecular flexibility index (Phi) is 5.55. The fourth-order valence-electron chi connectivity index (χ4n) is 1.73. The Morgan fingerprint density at radius 3 is 2.30 bits per heavy atom. The Morgan fingerprint density at radius 2 is 1.85 bits per heavy atom. The molecule has 0 saturated carbocycles. The molecule has 2 atom stereocenters. The van der Waals surface area contributed by atoms with Gasteiger partial charge in [0.05, 0.1) is 6.61 Å². The van der Waals surface area contributed by atoms with Gasteiger partial charge in [-0.3, -0.25) is 9.36 Å². The van der Waals surface area contributed by atoms with E-state index in [4.69, 9.17) is 4.52 Å². The van der Waals surface area contributed by atoms with E-state index >= 15 is 0 Å². The summed E-state index contributed by atoms with van der Waals surface area (Å²) in [5, 5.41) is 3.44. The van der Waals surface area contributed by atoms with Gasteiger partial charge in [0.25, 0.3) is 7.37 Å². The van der Waals surface area contributed by atoms with Crippen molar-refractivity contribution in [3.8, 4) is 0 Å². The minimum atomic E-state index is -3.12. The Balaban J connectivity index is 3.02. The summed E-state index contributed by atoms with van der Waals surface area (Å²) in [5.41, 5.74) is -0.526. The largest absolute Gasteiger partial charge is 0.344 e. The molecule has 1 aromatic carbocycles. The number of hydrogen-bond acceptors (Lipinski definition) is 3. The zero-order chi connectivity index (χ0) is 15.4. The monoisotopic (exact) mass is 297 g/mol. The molecule has 0 aliphatic rings. The van der Waals surface area contributed by atoms with Crippen molar-refractivity contribution >= 4 is 18.6 Å². The average Bonchev–Trinajstić information content (AvgIpc) is 2.38. The van der Waals surface area contributed by atoms with Gasteiger partial charge in [0.2, 0.25) is 5.91 Å². The highest BCUT2D eigenvalue weighted by atomic mass is 31.2. The number of hydrogen-bond donors (Lipinski definition) is 1. The van der Waals surface area contributed by atoms with Crippen LogP contribution < -0.4 is 10.6 Å². The Morgan fingerprint density at radius 1 is 1.30 bits per heavy atom. The summed E-state index contributed by atoms with van der Waals surface area (Å²) in [6, 6.07) is 9.04. The zero-order valence-electron chi connectivity index (χ0n) is 12.8. The van der Waals surface area contributed by atoms with Crippen molar-refractivity contribution in [1.82, 2.24) is 5.32 Å². The third-order valence-electron chi connectivity index (χ3n) is 2.97. The van der Waals surface area contributed by atoms with E-state index in [1.165, 1.54) is 0 Å². The maximum atomic E-state index is 13.1. The van der Waals surface area contributed by atoms with Crippen LogP contribution in [-0.2, 0) is 13.9 Å². The van der Waals surface area contributed by atoms with Gasteiger partial charge in [-0.1, -0.05) is 39.0 Å². The van der Waals surface area contributed by atoms with Gasteiger partial charge in [-0.25, -0.2) is 0 Å². The molecule has 0 fully saturated rings. The van der Waals surface area contributed by atoms with E-state index in [0.29, 0.717) is 11.9 Å². The highest BCUT2D eigenvalue weighted by molar-refractivity contribution is 7.67. The highest BCUT2D eigenvalue weighted by Crippen LogP contribution is 2.49. The second-order valence-corrected chi connectivity index (χ2v) is 8.49. The molecule has 0 aliphatic heterocycles. The first kappa shape index (κ1) is 16.9. The third-order valence-corrected chi connectivity index (χ3v) is 5.78. The number of carbonyl (C=O) groups excluding carboxylic acids is 1. The average molecular weight is 297 g/mol. The molecular formula is C15H24NO3P. The topological polar surface area (TPSA) is 55.4 Å². The molecule has 0 bridgehead atoms. The summed E-state index contributed by atoms with van der Waals surface area (Å²) < 4.78 is 18.7. The number of carbonyl (C=O) groups is 1. The molecule has 1 aromatic rings. The number of nitrogens with one attached hydrogen (secondary N) is 1. The van der Waals surface area contributed by atoms with Crippen molar-refractivity contribution < 1.29 is 13.9 Å². The smallest absolute Gasteiger partial charge is 0.253 e. The fourth-order valence-corrected chi connectivity index (χ4v) is 3.81. The number of rotatable bonds is 5. The Labute approximate surface area is 121 Å². The quantitative estimate of drug-likeness (QED) is 0.849. The molecule has 112 valence electrons. The first-order valence-corrected chi connectivity index (χ1v) is 8.52. The van der Waals surface area contributed by atoms with Crippen LogP contribution in [0.3, 0.4) is 0 Å². The lowest BCUT2D eigenvalue weighted by Gasteiger charge is -2.28. The van der Waals surface area contributed by atoms with Crippen LogP contribution in [0.5, 0.6) is 0 Å². The molecular weight excluding hydrogens is 273 g/mol. The standard InChI is InChI=1S/C15H24NO3P/c1-6-19-20(18,13-10-8-7-9-11-13)12(2)16-14(17)15(3,4)5/h7-12H,6H2,1-5H3,(H,16,17). The Bertz CT molecular complexity index is 494. The highest BCUT2D eigenvalue weighted by Gasteiger charge is 2.35. The molecule has 2 unspecified atom stereocenters. The molecule has 1 rings (SSSR count). The van der Waals surface area contributed by atoms with Crippen molar-refractivity contribution in [3.63, 3.8) is 0 Å². The third kappa shape index (κ3) is 3.94. The molecule has 1 amide bonds. The Hall–Kier alpha value is -1.12. The first-order valence-electron chi connectivity index (χ1n) is 6.82. The lowest BCUT2D eigenvalue weighted by atomic mass is 9.96. The molecule has 0 aromatic heterocycles. The van der Waals surface area contributed by atoms with E-state index in [1.807, 2.05) is 39.0 Å². The molecule has 5 heteroatoms. The van der Waals surface area contributed by atoms with E-state index in [2.05, 4.69) is 5.32 Å². The van der Waals surface area contributed by atoms with E-state index < -0.39 is 18.6 Å². The predicted molar refractivity (Wildman–Crippen MR) is 82.4 cm³/mol. The fraction of sp³-hybridized carbons (Fsp3) is 0.533. The summed E-state index contributed by atoms with van der Waals surface area (Å²) in [7, 11) is -3.12. The van der Waals surface area contributed by atoms with Crippen LogP contribution >= 0.6 is 7.37 Å². The summed E-state index contributed by atoms with van der Waals surface area (Å²) in [6.07, 6.45) is 0. The summed E-state index contributed by atoms with van der Waals surface area (Å²) in [5.74, 6) is -0.697. The van der Waals surface area contributed by atoms with Crippen LogP contribution in [0.4, 0.5) is 0 Å². The molecule has 0 aliphatic carbocycles. The molecule has 1 N–H and O–H groups in total. The van der Waals surface area contributed by atoms with Gasteiger partial charge >= 0.3 is 0 Å². The van der Waals surface area contributed by atoms with Crippen LogP contribution in [0, 0.1) is 5.41 Å². The van der Waals surface area contributed by atoms with Crippen molar-refractivity contribution in [2.24, 2.45) is 5.41 Å². The van der Waals surface area contributed by atoms with Gasteiger partial charge < -0.3 is 9.84 Å². The van der Waals surface area contributed by atoms with Crippen molar-refractivity contribution in [2.45, 2.75) is 40.4 Å². The number of amides is 1. The molecule has 0 spiro atoms. The molecule has 20 heavy (non-hydrogen) atoms. The van der Waals surface area contributed by atoms with E-state index in [-0.39, 0.29) is 5.91 Å². The maximum Gasteiger partial charge on any atom is 0.253 e. The predicted octanol–water partition coefficient (Wildman–Crippen LogP) is 3.13. The van der Waals surface area contributed by atoms with Gasteiger partial charge in [-0.05, 0) is 26.0 Å². The van der Waals surface area contributed by atoms with Gasteiger partial charge in [0.1, 0.15) is 5.78 Å². The van der Waals surface area contributed by atoms with E-state index in [9.17, 15) is 9.36 Å². The maximum absolute atomic E-state index is 13.1. The second kappa shape index (κ2) is 6.55. The lowest BCUT2D eigenvalue weighted by molar-refractivity contribution is -0.128. The first-order chi connectivity index (χ1) is 9.21. The van der Waals surface area contributed by atoms with Gasteiger partial charge in [-0.2, -0.15) is 0 Å². The summed E-state index contributed by atoms with van der Waals surface area (Å²) >= 11 is 0. The van der Waals surface area contributed by atoms with Gasteiger partial charge in [-0.15, -0.1) is 0 Å². The molecule has 4 nitrogen and oxygen atoms in total. The van der Waals surface area contributed by atoms with Crippen molar-refractivity contribution in [1.29, 1.82) is 0 Å². The minimum absolute atomic E-state index is 0.138. The van der Waals surface area contributed by atoms with Crippen LogP contribution in [0.15, 0.2) is 30.3 Å². The summed E-state index contributed by atoms with van der Waals surface area (Å²) in [6.45, 7) is 9.33. The lowest BCUT2D eigenvalue weighted by Crippen LogP contribution is -2.41. The van der Waals surface area contributed by atoms with Crippen molar-refractivity contribution in [2.75, 3.05) is 6.61 Å². The molecule has 0 heterocycles. The van der Waals surface area contributed by atoms with Crippen LogP contribution in [-0.4, -0.2) is 18.3 Å². The normalized spacial score (nSPS) is 16.2. The molecule has 0 radical (unpaired) electrons. The van der Waals surface area contributed by atoms with Crippen LogP contribution in [0.25, 0.3) is 0 Å². The second-order valence-electron chi connectivity index (χ2n) is 5.75. The zero-order valence-corrected chi connectivity index (χ0v) is 13.7. The molecule has 0 saturated heterocycles. The summed E-state index contributed by atoms with van der Waals surface area (Å²) in [4.78, 5) is 12.1. The van der Waals surface area contributed by atoms with Gasteiger partial charge in [0, 0.05) is 10.7 Å². The van der Waals surface area contributed by atoms with Crippen molar-refractivity contribution in [3.05, 3.63) is 30.3 Å². The van der Waals surface area contributed by atoms with E-state index in [1.54, 1.807) is 26.0 Å². The van der Waals surface area contributed by atoms with E-state index in [0.717, 1.165) is 0 Å². The SMILES string of the molecule is CCOP(=O)(c1ccccc1)C(C)NC(=O)C(C)(C)C. The minimum Gasteiger partial charge on any atom is -0.344 e. The van der Waals surface area contributed by atoms with Gasteiger partial charge in [0.15, 0.2) is 0 Å². The number of benzene rings is 1. The van der Waals surface area contributed by atoms with Crippen LogP contribution in [0.2, 0.25) is 0 Å². The van der Waals surface area contributed by atoms with Crippen LogP contribution in [0.1, 0.15) is 34.6 Å².